The number of thiol groups is 1. The van der Waals surface area contributed by atoms with E-state index in [1.165, 1.54) is 24.7 Å². The Morgan fingerprint density at radius 3 is 1.75 bits per heavy atom. The monoisotopic (exact) mass is 234 g/mol. The maximum absolute atomic E-state index is 4.97. The lowest BCUT2D eigenvalue weighted by Gasteiger charge is -2.40. The first kappa shape index (κ1) is 9.30. The Morgan fingerprint density at radius 1 is 0.625 bits per heavy atom. The van der Waals surface area contributed by atoms with Crippen molar-refractivity contribution in [3.63, 3.8) is 0 Å². The third-order valence-electron chi connectivity index (χ3n) is 7.40. The van der Waals surface area contributed by atoms with E-state index in [2.05, 4.69) is 0 Å². The van der Waals surface area contributed by atoms with Gasteiger partial charge in [0.1, 0.15) is 0 Å². The van der Waals surface area contributed by atoms with Gasteiger partial charge in [-0.1, -0.05) is 6.42 Å². The highest BCUT2D eigenvalue weighted by Gasteiger charge is 2.68. The van der Waals surface area contributed by atoms with Crippen molar-refractivity contribution >= 4 is 12.6 Å². The Kier molecular flexibility index (Phi) is 1.65. The van der Waals surface area contributed by atoms with Gasteiger partial charge in [-0.15, -0.1) is 0 Å². The van der Waals surface area contributed by atoms with Gasteiger partial charge in [-0.05, 0) is 79.4 Å². The zero-order chi connectivity index (χ0) is 10.4. The van der Waals surface area contributed by atoms with Crippen molar-refractivity contribution in [3.05, 3.63) is 0 Å². The molecule has 0 aromatic rings. The van der Waals surface area contributed by atoms with E-state index in [1.807, 2.05) is 0 Å². The topological polar surface area (TPSA) is 0 Å². The summed E-state index contributed by atoms with van der Waals surface area (Å²) in [7, 11) is 0. The molecule has 0 N–H and O–H groups in total. The van der Waals surface area contributed by atoms with Gasteiger partial charge in [0, 0.05) is 5.25 Å². The van der Waals surface area contributed by atoms with E-state index in [0.29, 0.717) is 0 Å². The lowest BCUT2D eigenvalue weighted by Crippen LogP contribution is -2.35. The normalized spacial score (nSPS) is 69.9. The van der Waals surface area contributed by atoms with Gasteiger partial charge >= 0.3 is 0 Å². The molecule has 0 nitrogen and oxygen atoms in total. The smallest absolute Gasteiger partial charge is 0.00790 e. The first-order chi connectivity index (χ1) is 7.86. The minimum absolute atomic E-state index is 0.805. The second-order valence-electron chi connectivity index (χ2n) is 7.37. The molecule has 8 atom stereocenters. The molecule has 16 heavy (non-hydrogen) atoms. The molecule has 0 aromatic carbocycles. The second kappa shape index (κ2) is 2.84. The molecule has 1 heteroatoms. The van der Waals surface area contributed by atoms with Crippen LogP contribution < -0.4 is 0 Å². The van der Waals surface area contributed by atoms with E-state index in [0.717, 1.165) is 40.8 Å². The summed E-state index contributed by atoms with van der Waals surface area (Å²) in [6.45, 7) is 0. The van der Waals surface area contributed by atoms with Crippen molar-refractivity contribution in [3.8, 4) is 0 Å². The SMILES string of the molecule is SC1C2CCC1C1C3CC(C4CCCC43)C21. The summed E-state index contributed by atoms with van der Waals surface area (Å²) >= 11 is 4.97. The van der Waals surface area contributed by atoms with Crippen molar-refractivity contribution in [1.82, 2.24) is 0 Å². The molecule has 5 fully saturated rings. The summed E-state index contributed by atoms with van der Waals surface area (Å²) in [6.07, 6.45) is 9.42. The van der Waals surface area contributed by atoms with Crippen LogP contribution in [0.3, 0.4) is 0 Å². The Morgan fingerprint density at radius 2 is 1.19 bits per heavy atom. The number of hydrogen-bond donors (Lipinski definition) is 1. The van der Waals surface area contributed by atoms with Crippen molar-refractivity contribution < 1.29 is 0 Å². The molecule has 0 amide bonds. The summed E-state index contributed by atoms with van der Waals surface area (Å²) in [6, 6.07) is 0. The van der Waals surface area contributed by atoms with Crippen LogP contribution in [-0.2, 0) is 0 Å². The minimum Gasteiger partial charge on any atom is -0.175 e. The van der Waals surface area contributed by atoms with Gasteiger partial charge in [-0.3, -0.25) is 0 Å². The van der Waals surface area contributed by atoms with Crippen LogP contribution in [0.25, 0.3) is 0 Å². The van der Waals surface area contributed by atoms with Gasteiger partial charge < -0.3 is 0 Å². The first-order valence-corrected chi connectivity index (χ1v) is 8.06. The van der Waals surface area contributed by atoms with Gasteiger partial charge in [0.05, 0.1) is 0 Å². The average molecular weight is 234 g/mol. The van der Waals surface area contributed by atoms with E-state index in [4.69, 9.17) is 12.6 Å². The molecule has 5 aliphatic rings. The predicted molar refractivity (Wildman–Crippen MR) is 68.4 cm³/mol. The summed E-state index contributed by atoms with van der Waals surface area (Å²) in [5.74, 6) is 9.03. The maximum atomic E-state index is 4.97. The molecule has 5 saturated carbocycles. The van der Waals surface area contributed by atoms with Crippen LogP contribution in [0.4, 0.5) is 0 Å². The lowest BCUT2D eigenvalue weighted by atomic mass is 9.64. The molecule has 5 aliphatic carbocycles. The van der Waals surface area contributed by atoms with E-state index >= 15 is 0 Å². The standard InChI is InChI=1S/C15H22S/c16-15-9-4-5-10(15)14-12-6-11(13(9)14)7-2-1-3-8(7)12/h7-16H,1-6H2. The van der Waals surface area contributed by atoms with Crippen molar-refractivity contribution in [2.75, 3.05) is 0 Å². The Labute approximate surface area is 104 Å². The molecule has 5 rings (SSSR count). The number of rotatable bonds is 0. The van der Waals surface area contributed by atoms with E-state index in [1.54, 1.807) is 25.7 Å². The van der Waals surface area contributed by atoms with E-state index < -0.39 is 0 Å². The van der Waals surface area contributed by atoms with Crippen LogP contribution in [-0.4, -0.2) is 5.25 Å². The van der Waals surface area contributed by atoms with E-state index in [-0.39, 0.29) is 0 Å². The Balaban J connectivity index is 1.59. The van der Waals surface area contributed by atoms with Crippen molar-refractivity contribution in [2.24, 2.45) is 47.3 Å². The zero-order valence-corrected chi connectivity index (χ0v) is 10.8. The molecular formula is C15H22S. The molecule has 4 bridgehead atoms. The maximum Gasteiger partial charge on any atom is 0.00790 e. The molecule has 0 aliphatic heterocycles. The van der Waals surface area contributed by atoms with Gasteiger partial charge in [-0.2, -0.15) is 12.6 Å². The third kappa shape index (κ3) is 0.835. The van der Waals surface area contributed by atoms with Crippen LogP contribution >= 0.6 is 12.6 Å². The highest BCUT2D eigenvalue weighted by atomic mass is 32.1. The fourth-order valence-electron chi connectivity index (χ4n) is 7.29. The van der Waals surface area contributed by atoms with Crippen LogP contribution in [0.2, 0.25) is 0 Å². The Hall–Kier alpha value is 0.350. The fourth-order valence-corrected chi connectivity index (χ4v) is 7.99. The highest BCUT2D eigenvalue weighted by molar-refractivity contribution is 7.81. The predicted octanol–water partition coefficient (Wildman–Crippen LogP) is 3.62. The zero-order valence-electron chi connectivity index (χ0n) is 9.89. The Bertz CT molecular complexity index is 308. The molecule has 0 spiro atoms. The molecule has 0 saturated heterocycles. The van der Waals surface area contributed by atoms with Crippen molar-refractivity contribution in [1.29, 1.82) is 0 Å². The van der Waals surface area contributed by atoms with Crippen LogP contribution in [0.1, 0.15) is 38.5 Å². The molecule has 0 aromatic heterocycles. The highest BCUT2D eigenvalue weighted by Crippen LogP contribution is 2.73. The fraction of sp³-hybridized carbons (Fsp3) is 1.00. The second-order valence-corrected chi connectivity index (χ2v) is 7.97. The summed E-state index contributed by atoms with van der Waals surface area (Å²) in [5.41, 5.74) is 0. The quantitative estimate of drug-likeness (QED) is 0.480. The first-order valence-electron chi connectivity index (χ1n) is 7.54. The van der Waals surface area contributed by atoms with Gasteiger partial charge in [-0.25, -0.2) is 0 Å². The molecule has 0 radical (unpaired) electrons. The summed E-state index contributed by atoms with van der Waals surface area (Å²) in [4.78, 5) is 0. The van der Waals surface area contributed by atoms with E-state index in [9.17, 15) is 0 Å². The number of fused-ring (bicyclic) bond motifs is 12. The third-order valence-corrected chi connectivity index (χ3v) is 8.17. The van der Waals surface area contributed by atoms with Gasteiger partial charge in [0.25, 0.3) is 0 Å². The summed E-state index contributed by atoms with van der Waals surface area (Å²) < 4.78 is 0. The van der Waals surface area contributed by atoms with Crippen LogP contribution in [0.15, 0.2) is 0 Å². The lowest BCUT2D eigenvalue weighted by molar-refractivity contribution is 0.0716. The number of hydrogen-bond acceptors (Lipinski definition) is 1. The molecule has 8 unspecified atom stereocenters. The van der Waals surface area contributed by atoms with Crippen molar-refractivity contribution in [2.45, 2.75) is 43.8 Å². The molecule has 0 heterocycles. The molecule has 88 valence electrons. The van der Waals surface area contributed by atoms with Gasteiger partial charge in [0.2, 0.25) is 0 Å². The summed E-state index contributed by atoms with van der Waals surface area (Å²) in [5, 5.41) is 0.805. The largest absolute Gasteiger partial charge is 0.175 e. The van der Waals surface area contributed by atoms with Crippen LogP contribution in [0, 0.1) is 47.3 Å². The average Bonchev–Trinajstić information content (AvgIpc) is 2.98. The van der Waals surface area contributed by atoms with Gasteiger partial charge in [0.15, 0.2) is 0 Å². The minimum atomic E-state index is 0.805. The van der Waals surface area contributed by atoms with Crippen LogP contribution in [0.5, 0.6) is 0 Å². The molecular weight excluding hydrogens is 212 g/mol.